The van der Waals surface area contributed by atoms with Crippen LogP contribution in [0, 0.1) is 0 Å². The Hall–Kier alpha value is -1.07. The summed E-state index contributed by atoms with van der Waals surface area (Å²) < 4.78 is 0.896. The molecule has 1 atom stereocenters. The van der Waals surface area contributed by atoms with Gasteiger partial charge in [-0.1, -0.05) is 22.9 Å². The van der Waals surface area contributed by atoms with E-state index in [-0.39, 0.29) is 5.91 Å². The number of hydrogen-bond acceptors (Lipinski definition) is 3. The van der Waals surface area contributed by atoms with E-state index < -0.39 is 0 Å². The lowest BCUT2D eigenvalue weighted by Gasteiger charge is -2.38. The molecular formula is C15H22BrN3O. The van der Waals surface area contributed by atoms with Crippen molar-refractivity contribution in [2.45, 2.75) is 26.3 Å². The first-order chi connectivity index (χ1) is 9.52. The Bertz CT molecular complexity index is 484. The number of nitrogen functional groups attached to an aromatic ring is 1. The Morgan fingerprint density at radius 1 is 1.35 bits per heavy atom. The quantitative estimate of drug-likeness (QED) is 0.861. The maximum atomic E-state index is 12.5. The molecule has 1 amide bonds. The molecule has 0 spiro atoms. The average molecular weight is 340 g/mol. The Morgan fingerprint density at radius 2 is 2.00 bits per heavy atom. The minimum Gasteiger partial charge on any atom is -0.398 e. The van der Waals surface area contributed by atoms with E-state index in [0.29, 0.717) is 17.3 Å². The van der Waals surface area contributed by atoms with E-state index in [9.17, 15) is 4.79 Å². The smallest absolute Gasteiger partial charge is 0.256 e. The average Bonchev–Trinajstić information content (AvgIpc) is 2.46. The van der Waals surface area contributed by atoms with Gasteiger partial charge < -0.3 is 10.6 Å². The van der Waals surface area contributed by atoms with E-state index in [0.717, 1.165) is 37.1 Å². The monoisotopic (exact) mass is 339 g/mol. The first kappa shape index (κ1) is 15.3. The predicted octanol–water partition coefficient (Wildman–Crippen LogP) is 2.59. The zero-order chi connectivity index (χ0) is 14.7. The van der Waals surface area contributed by atoms with Crippen molar-refractivity contribution in [3.05, 3.63) is 28.2 Å². The molecule has 0 aliphatic carbocycles. The lowest BCUT2D eigenvalue weighted by atomic mass is 10.1. The Balaban J connectivity index is 2.01. The second-order valence-corrected chi connectivity index (χ2v) is 6.23. The molecule has 1 saturated heterocycles. The third kappa shape index (κ3) is 3.33. The van der Waals surface area contributed by atoms with Gasteiger partial charge in [0.25, 0.3) is 5.91 Å². The van der Waals surface area contributed by atoms with Crippen LogP contribution >= 0.6 is 15.9 Å². The maximum Gasteiger partial charge on any atom is 0.256 e. The fourth-order valence-electron chi connectivity index (χ4n) is 2.52. The third-order valence-electron chi connectivity index (χ3n) is 4.06. The van der Waals surface area contributed by atoms with E-state index in [4.69, 9.17) is 5.73 Å². The maximum absolute atomic E-state index is 12.5. The largest absolute Gasteiger partial charge is 0.398 e. The summed E-state index contributed by atoms with van der Waals surface area (Å²) in [5.41, 5.74) is 7.08. The summed E-state index contributed by atoms with van der Waals surface area (Å²) in [7, 11) is 0. The van der Waals surface area contributed by atoms with Crippen LogP contribution in [-0.2, 0) is 0 Å². The van der Waals surface area contributed by atoms with Gasteiger partial charge in [0.2, 0.25) is 0 Å². The molecule has 1 unspecified atom stereocenters. The molecule has 110 valence electrons. The number of amides is 1. The highest BCUT2D eigenvalue weighted by molar-refractivity contribution is 9.10. The van der Waals surface area contributed by atoms with Gasteiger partial charge in [0.1, 0.15) is 0 Å². The van der Waals surface area contributed by atoms with Crippen molar-refractivity contribution in [2.24, 2.45) is 0 Å². The lowest BCUT2D eigenvalue weighted by molar-refractivity contribution is 0.0580. The fraction of sp³-hybridized carbons (Fsp3) is 0.533. The van der Waals surface area contributed by atoms with Gasteiger partial charge in [-0.2, -0.15) is 0 Å². The van der Waals surface area contributed by atoms with Crippen LogP contribution in [0.15, 0.2) is 22.7 Å². The first-order valence-corrected chi connectivity index (χ1v) is 7.90. The number of rotatable bonds is 3. The van der Waals surface area contributed by atoms with E-state index in [1.165, 1.54) is 0 Å². The van der Waals surface area contributed by atoms with Crippen molar-refractivity contribution in [3.8, 4) is 0 Å². The van der Waals surface area contributed by atoms with Crippen LogP contribution in [0.2, 0.25) is 0 Å². The minimum absolute atomic E-state index is 0.0406. The summed E-state index contributed by atoms with van der Waals surface area (Å²) in [6.45, 7) is 7.88. The van der Waals surface area contributed by atoms with E-state index >= 15 is 0 Å². The number of nitrogens with zero attached hydrogens (tertiary/aromatic N) is 2. The van der Waals surface area contributed by atoms with Crippen LogP contribution in [-0.4, -0.2) is 47.9 Å². The third-order valence-corrected chi connectivity index (χ3v) is 4.55. The van der Waals surface area contributed by atoms with Crippen LogP contribution in [0.4, 0.5) is 5.69 Å². The Morgan fingerprint density at radius 3 is 2.55 bits per heavy atom. The second kappa shape index (κ2) is 6.59. The molecule has 1 aromatic rings. The topological polar surface area (TPSA) is 49.6 Å². The number of carbonyl (C=O) groups excluding carboxylic acids is 1. The highest BCUT2D eigenvalue weighted by Gasteiger charge is 2.25. The van der Waals surface area contributed by atoms with Crippen molar-refractivity contribution in [2.75, 3.05) is 31.9 Å². The van der Waals surface area contributed by atoms with Crippen molar-refractivity contribution >= 4 is 27.5 Å². The van der Waals surface area contributed by atoms with Gasteiger partial charge in [-0.05, 0) is 31.5 Å². The summed E-state index contributed by atoms with van der Waals surface area (Å²) >= 11 is 3.36. The van der Waals surface area contributed by atoms with Gasteiger partial charge >= 0.3 is 0 Å². The Labute approximate surface area is 129 Å². The van der Waals surface area contributed by atoms with Crippen LogP contribution in [0.25, 0.3) is 0 Å². The summed E-state index contributed by atoms with van der Waals surface area (Å²) in [6, 6.07) is 6.02. The van der Waals surface area contributed by atoms with Crippen LogP contribution in [0.3, 0.4) is 0 Å². The SMILES string of the molecule is CCC(C)N1CCN(C(=O)c2ccc(Br)cc2N)CC1. The number of anilines is 1. The Kier molecular flexibility index (Phi) is 5.05. The number of halogens is 1. The molecule has 0 radical (unpaired) electrons. The van der Waals surface area contributed by atoms with Gasteiger partial charge in [0, 0.05) is 42.4 Å². The minimum atomic E-state index is 0.0406. The van der Waals surface area contributed by atoms with E-state index in [1.807, 2.05) is 11.0 Å². The zero-order valence-corrected chi connectivity index (χ0v) is 13.7. The molecule has 5 heteroatoms. The van der Waals surface area contributed by atoms with Gasteiger partial charge in [0.05, 0.1) is 5.56 Å². The molecule has 2 N–H and O–H groups in total. The van der Waals surface area contributed by atoms with Gasteiger partial charge in [0.15, 0.2) is 0 Å². The van der Waals surface area contributed by atoms with E-state index in [1.54, 1.807) is 12.1 Å². The summed E-state index contributed by atoms with van der Waals surface area (Å²) in [5, 5.41) is 0. The molecule has 20 heavy (non-hydrogen) atoms. The number of hydrogen-bond donors (Lipinski definition) is 1. The van der Waals surface area contributed by atoms with Crippen LogP contribution < -0.4 is 5.73 Å². The molecule has 1 fully saturated rings. The number of benzene rings is 1. The zero-order valence-electron chi connectivity index (χ0n) is 12.1. The fourth-order valence-corrected chi connectivity index (χ4v) is 2.90. The molecule has 1 aliphatic heterocycles. The van der Waals surface area contributed by atoms with Crippen molar-refractivity contribution in [1.82, 2.24) is 9.80 Å². The van der Waals surface area contributed by atoms with Crippen molar-refractivity contribution in [1.29, 1.82) is 0 Å². The highest BCUT2D eigenvalue weighted by Crippen LogP contribution is 2.21. The lowest BCUT2D eigenvalue weighted by Crippen LogP contribution is -2.51. The molecule has 0 aromatic heterocycles. The molecule has 1 heterocycles. The summed E-state index contributed by atoms with van der Waals surface area (Å²) in [6.07, 6.45) is 1.15. The standard InChI is InChI=1S/C15H22BrN3O/c1-3-11(2)18-6-8-19(9-7-18)15(20)13-5-4-12(16)10-14(13)17/h4-5,10-11H,3,6-9,17H2,1-2H3. The number of nitrogens with two attached hydrogens (primary N) is 1. The van der Waals surface area contributed by atoms with Crippen molar-refractivity contribution < 1.29 is 4.79 Å². The molecule has 1 aromatic carbocycles. The first-order valence-electron chi connectivity index (χ1n) is 7.11. The molecule has 2 rings (SSSR count). The number of piperazine rings is 1. The van der Waals surface area contributed by atoms with Gasteiger partial charge in [-0.3, -0.25) is 9.69 Å². The van der Waals surface area contributed by atoms with E-state index in [2.05, 4.69) is 34.7 Å². The summed E-state index contributed by atoms with van der Waals surface area (Å²) in [4.78, 5) is 16.8. The normalized spacial score (nSPS) is 18.1. The number of carbonyl (C=O) groups is 1. The van der Waals surface area contributed by atoms with Gasteiger partial charge in [-0.25, -0.2) is 0 Å². The molecular weight excluding hydrogens is 318 g/mol. The molecule has 0 bridgehead atoms. The van der Waals surface area contributed by atoms with Crippen LogP contribution in [0.5, 0.6) is 0 Å². The van der Waals surface area contributed by atoms with Gasteiger partial charge in [-0.15, -0.1) is 0 Å². The van der Waals surface area contributed by atoms with Crippen molar-refractivity contribution in [3.63, 3.8) is 0 Å². The molecule has 0 saturated carbocycles. The second-order valence-electron chi connectivity index (χ2n) is 5.32. The molecule has 4 nitrogen and oxygen atoms in total. The molecule has 1 aliphatic rings. The predicted molar refractivity (Wildman–Crippen MR) is 85.8 cm³/mol. The highest BCUT2D eigenvalue weighted by atomic mass is 79.9. The summed E-state index contributed by atoms with van der Waals surface area (Å²) in [5.74, 6) is 0.0406. The van der Waals surface area contributed by atoms with Crippen LogP contribution in [0.1, 0.15) is 30.6 Å².